The summed E-state index contributed by atoms with van der Waals surface area (Å²) in [5.74, 6) is 0. The van der Waals surface area contributed by atoms with Crippen molar-refractivity contribution in [3.63, 3.8) is 0 Å². The van der Waals surface area contributed by atoms with Crippen LogP contribution in [0.5, 0.6) is 0 Å². The zero-order valence-electron chi connectivity index (χ0n) is 11.8. The Kier molecular flexibility index (Phi) is 7.18. The summed E-state index contributed by atoms with van der Waals surface area (Å²) in [5.41, 5.74) is 0. The summed E-state index contributed by atoms with van der Waals surface area (Å²) in [4.78, 5) is 7.72. The van der Waals surface area contributed by atoms with Crippen molar-refractivity contribution in [2.75, 3.05) is 6.54 Å². The Hall–Kier alpha value is 0.596. The maximum absolute atomic E-state index is 2.64. The third-order valence-corrected chi connectivity index (χ3v) is 11.8. The molecule has 0 N–H and O–H groups in total. The summed E-state index contributed by atoms with van der Waals surface area (Å²) in [7, 11) is 0. The first kappa shape index (κ1) is 14.7. The minimum absolute atomic E-state index is 0.662. The van der Waals surface area contributed by atoms with Gasteiger partial charge in [0.05, 0.1) is 0 Å². The first-order valence-electron chi connectivity index (χ1n) is 7.37. The van der Waals surface area contributed by atoms with Crippen molar-refractivity contribution in [1.82, 2.24) is 4.90 Å². The van der Waals surface area contributed by atoms with Crippen molar-refractivity contribution in [3.05, 3.63) is 0 Å². The number of nitrogens with zero attached hydrogens (tertiary/aromatic N) is 1. The Labute approximate surface area is 108 Å². The van der Waals surface area contributed by atoms with E-state index in [1.54, 1.807) is 27.8 Å². The summed E-state index contributed by atoms with van der Waals surface area (Å²) in [5, 5.41) is 0. The van der Waals surface area contributed by atoms with E-state index in [1.165, 1.54) is 19.4 Å². The summed E-state index contributed by atoms with van der Waals surface area (Å²) in [6.45, 7) is 10.6. The molecule has 1 heterocycles. The molecule has 1 aliphatic heterocycles. The number of hydrogen-bond donors (Lipinski definition) is 0. The van der Waals surface area contributed by atoms with Crippen molar-refractivity contribution in [2.24, 2.45) is 0 Å². The second-order valence-electron chi connectivity index (χ2n) is 6.07. The van der Waals surface area contributed by atoms with Crippen LogP contribution in [0.2, 0.25) is 14.9 Å². The SMILES string of the molecule is CC(C)N(CCC[CH2][Ga]1[CH2]CC[CH2]1)C(C)C. The van der Waals surface area contributed by atoms with Crippen LogP contribution < -0.4 is 0 Å². The molecule has 0 bridgehead atoms. The topological polar surface area (TPSA) is 3.24 Å². The van der Waals surface area contributed by atoms with Gasteiger partial charge in [0, 0.05) is 0 Å². The van der Waals surface area contributed by atoms with Gasteiger partial charge >= 0.3 is 108 Å². The van der Waals surface area contributed by atoms with E-state index in [1.807, 2.05) is 0 Å². The van der Waals surface area contributed by atoms with Crippen LogP contribution in [0.1, 0.15) is 53.4 Å². The first-order valence-corrected chi connectivity index (χ1v) is 12.5. The van der Waals surface area contributed by atoms with E-state index in [0.29, 0.717) is 12.1 Å². The van der Waals surface area contributed by atoms with Crippen LogP contribution in [-0.2, 0) is 0 Å². The predicted molar refractivity (Wildman–Crippen MR) is 75.6 cm³/mol. The van der Waals surface area contributed by atoms with Gasteiger partial charge in [0.2, 0.25) is 0 Å². The van der Waals surface area contributed by atoms with Crippen molar-refractivity contribution in [1.29, 1.82) is 0 Å². The normalized spacial score (nSPS) is 17.1. The number of hydrogen-bond acceptors (Lipinski definition) is 1. The summed E-state index contributed by atoms with van der Waals surface area (Å²) < 4.78 is 0. The molecule has 0 spiro atoms. The van der Waals surface area contributed by atoms with Gasteiger partial charge in [-0.05, 0) is 0 Å². The molecule has 2 heteroatoms. The van der Waals surface area contributed by atoms with Crippen LogP contribution >= 0.6 is 0 Å². The standard InChI is InChI=1S/C10H22N.C4H8.Ga/c1-6-7-8-11(9(2)3)10(4)5;1-3-4-2;/h9-10H,1,6-8H2,2-5H3;1-4H2;. The molecule has 1 rings (SSSR count). The van der Waals surface area contributed by atoms with E-state index in [-0.39, 0.29) is 0 Å². The molecular formula is C14H30GaN. The van der Waals surface area contributed by atoms with Gasteiger partial charge in [-0.2, -0.15) is 0 Å². The molecule has 1 fully saturated rings. The first-order chi connectivity index (χ1) is 7.61. The molecule has 0 radical (unpaired) electrons. The average Bonchev–Trinajstić information content (AvgIpc) is 2.68. The van der Waals surface area contributed by atoms with E-state index in [2.05, 4.69) is 32.6 Å². The van der Waals surface area contributed by atoms with Gasteiger partial charge in [-0.25, -0.2) is 0 Å². The molecule has 1 saturated heterocycles. The van der Waals surface area contributed by atoms with Crippen molar-refractivity contribution in [2.45, 2.75) is 80.4 Å². The fraction of sp³-hybridized carbons (Fsp3) is 1.00. The van der Waals surface area contributed by atoms with Crippen LogP contribution in [0.4, 0.5) is 0 Å². The van der Waals surface area contributed by atoms with E-state index in [0.717, 1.165) is 0 Å². The zero-order chi connectivity index (χ0) is 12.0. The molecule has 0 unspecified atom stereocenters. The monoisotopic (exact) mass is 281 g/mol. The minimum atomic E-state index is -0.662. The Morgan fingerprint density at radius 3 is 2.00 bits per heavy atom. The quantitative estimate of drug-likeness (QED) is 0.500. The molecule has 94 valence electrons. The van der Waals surface area contributed by atoms with E-state index in [4.69, 9.17) is 0 Å². The zero-order valence-corrected chi connectivity index (χ0v) is 14.3. The molecule has 0 aromatic carbocycles. The van der Waals surface area contributed by atoms with Gasteiger partial charge in [-0.1, -0.05) is 0 Å². The Balaban J connectivity index is 2.08. The summed E-state index contributed by atoms with van der Waals surface area (Å²) in [6.07, 6.45) is 6.13. The fourth-order valence-electron chi connectivity index (χ4n) is 3.14. The van der Waals surface area contributed by atoms with Gasteiger partial charge in [0.15, 0.2) is 0 Å². The molecule has 0 amide bonds. The third kappa shape index (κ3) is 5.28. The Morgan fingerprint density at radius 2 is 1.50 bits per heavy atom. The Bertz CT molecular complexity index is 166. The summed E-state index contributed by atoms with van der Waals surface area (Å²) in [6, 6.07) is 1.43. The molecule has 16 heavy (non-hydrogen) atoms. The molecule has 1 nitrogen and oxygen atoms in total. The predicted octanol–water partition coefficient (Wildman–Crippen LogP) is 4.17. The average molecular weight is 282 g/mol. The van der Waals surface area contributed by atoms with E-state index >= 15 is 0 Å². The molecule has 0 atom stereocenters. The Morgan fingerprint density at radius 1 is 0.938 bits per heavy atom. The van der Waals surface area contributed by atoms with Crippen LogP contribution in [0.25, 0.3) is 0 Å². The maximum atomic E-state index is 2.64. The van der Waals surface area contributed by atoms with Crippen LogP contribution in [0.3, 0.4) is 0 Å². The third-order valence-electron chi connectivity index (χ3n) is 4.08. The van der Waals surface area contributed by atoms with Gasteiger partial charge in [-0.3, -0.25) is 0 Å². The van der Waals surface area contributed by atoms with Crippen LogP contribution in [-0.4, -0.2) is 39.7 Å². The molecule has 0 aliphatic carbocycles. The fourth-order valence-corrected chi connectivity index (χ4v) is 10.4. The van der Waals surface area contributed by atoms with Crippen molar-refractivity contribution >= 4 is 16.2 Å². The van der Waals surface area contributed by atoms with Gasteiger partial charge < -0.3 is 0 Å². The summed E-state index contributed by atoms with van der Waals surface area (Å²) >= 11 is -0.662. The second kappa shape index (κ2) is 7.83. The molecule has 1 aliphatic rings. The molecule has 0 aromatic heterocycles. The van der Waals surface area contributed by atoms with E-state index < -0.39 is 16.2 Å². The molecule has 0 aromatic rings. The number of rotatable bonds is 7. The van der Waals surface area contributed by atoms with E-state index in [9.17, 15) is 0 Å². The van der Waals surface area contributed by atoms with Crippen LogP contribution in [0, 0.1) is 0 Å². The van der Waals surface area contributed by atoms with Gasteiger partial charge in [-0.15, -0.1) is 0 Å². The van der Waals surface area contributed by atoms with Gasteiger partial charge in [0.1, 0.15) is 0 Å². The van der Waals surface area contributed by atoms with Crippen molar-refractivity contribution in [3.8, 4) is 0 Å². The van der Waals surface area contributed by atoms with Gasteiger partial charge in [0.25, 0.3) is 0 Å². The van der Waals surface area contributed by atoms with Crippen molar-refractivity contribution < 1.29 is 0 Å². The second-order valence-corrected chi connectivity index (χ2v) is 13.3. The number of unbranched alkanes of at least 4 members (excludes halogenated alkanes) is 1. The molecular weight excluding hydrogens is 252 g/mol. The molecule has 0 saturated carbocycles. The van der Waals surface area contributed by atoms with Crippen LogP contribution in [0.15, 0.2) is 0 Å².